The minimum atomic E-state index is -0.0622. The Hall–Kier alpha value is -2.36. The molecule has 0 unspecified atom stereocenters. The van der Waals surface area contributed by atoms with Crippen molar-refractivity contribution < 1.29 is 4.79 Å². The molecule has 1 aromatic carbocycles. The topological polar surface area (TPSA) is 49.0 Å². The van der Waals surface area contributed by atoms with Gasteiger partial charge in [0, 0.05) is 36.8 Å². The molecule has 108 valence electrons. The number of anilines is 1. The van der Waals surface area contributed by atoms with E-state index in [-0.39, 0.29) is 11.7 Å². The number of aromatic nitrogens is 2. The Labute approximate surface area is 124 Å². The summed E-state index contributed by atoms with van der Waals surface area (Å²) >= 11 is 0. The molecule has 3 rings (SSSR count). The molecule has 0 bridgehead atoms. The lowest BCUT2D eigenvalue weighted by atomic mass is 9.87. The fourth-order valence-corrected chi connectivity index (χ4v) is 2.56. The van der Waals surface area contributed by atoms with Crippen LogP contribution in [0.15, 0.2) is 24.8 Å². The summed E-state index contributed by atoms with van der Waals surface area (Å²) in [6.07, 6.45) is 0. The number of rotatable bonds is 2. The van der Waals surface area contributed by atoms with Crippen molar-refractivity contribution in [1.29, 1.82) is 0 Å². The zero-order valence-corrected chi connectivity index (χ0v) is 12.8. The lowest BCUT2D eigenvalue weighted by molar-refractivity contribution is 0.105. The van der Waals surface area contributed by atoms with Crippen LogP contribution in [0.25, 0.3) is 16.8 Å². The van der Waals surface area contributed by atoms with Crippen LogP contribution in [-0.4, -0.2) is 29.8 Å². The molecular formula is C17H19N3O. The van der Waals surface area contributed by atoms with E-state index < -0.39 is 0 Å². The number of benzene rings is 1. The molecule has 1 heterocycles. The molecule has 1 aliphatic rings. The maximum absolute atomic E-state index is 12.5. The standard InChI is InChI=1S/C17H19N3O/c1-9(2)17-18-14-12-7-6-11(20(4)5)8-13(12)10(3)16(21)15(14)19-17/h6-9H,3H2,1-2,4-5H3,(H,18,19). The van der Waals surface area contributed by atoms with Crippen LogP contribution < -0.4 is 4.90 Å². The molecular weight excluding hydrogens is 262 g/mol. The first-order chi connectivity index (χ1) is 9.90. The maximum Gasteiger partial charge on any atom is 0.211 e. The van der Waals surface area contributed by atoms with Crippen LogP contribution in [0.5, 0.6) is 0 Å². The van der Waals surface area contributed by atoms with Crippen molar-refractivity contribution in [2.24, 2.45) is 0 Å². The summed E-state index contributed by atoms with van der Waals surface area (Å²) in [6.45, 7) is 8.08. The minimum absolute atomic E-state index is 0.0622. The van der Waals surface area contributed by atoms with E-state index in [1.54, 1.807) is 0 Å². The Morgan fingerprint density at radius 3 is 2.57 bits per heavy atom. The van der Waals surface area contributed by atoms with E-state index in [1.807, 2.05) is 37.2 Å². The molecule has 4 heteroatoms. The number of H-pyrrole nitrogens is 1. The molecule has 0 spiro atoms. The number of aromatic amines is 1. The van der Waals surface area contributed by atoms with Gasteiger partial charge in [-0.15, -0.1) is 0 Å². The fourth-order valence-electron chi connectivity index (χ4n) is 2.56. The molecule has 0 saturated carbocycles. The molecule has 0 fully saturated rings. The summed E-state index contributed by atoms with van der Waals surface area (Å²) < 4.78 is 0. The maximum atomic E-state index is 12.5. The van der Waals surface area contributed by atoms with Crippen LogP contribution in [-0.2, 0) is 0 Å². The molecule has 4 nitrogen and oxygen atoms in total. The van der Waals surface area contributed by atoms with E-state index in [0.29, 0.717) is 11.3 Å². The van der Waals surface area contributed by atoms with Crippen molar-refractivity contribution in [1.82, 2.24) is 9.97 Å². The summed E-state index contributed by atoms with van der Waals surface area (Å²) in [7, 11) is 3.96. The molecule has 0 atom stereocenters. The first-order valence-electron chi connectivity index (χ1n) is 7.05. The summed E-state index contributed by atoms with van der Waals surface area (Å²) in [5.41, 5.74) is 4.74. The molecule has 1 aliphatic carbocycles. The first-order valence-corrected chi connectivity index (χ1v) is 7.05. The highest BCUT2D eigenvalue weighted by atomic mass is 16.1. The third kappa shape index (κ3) is 1.98. The summed E-state index contributed by atoms with van der Waals surface area (Å²) in [4.78, 5) is 22.3. The molecule has 0 radical (unpaired) electrons. The van der Waals surface area contributed by atoms with Gasteiger partial charge in [-0.05, 0) is 17.7 Å². The molecule has 1 aromatic heterocycles. The smallest absolute Gasteiger partial charge is 0.211 e. The van der Waals surface area contributed by atoms with Gasteiger partial charge in [0.25, 0.3) is 0 Å². The van der Waals surface area contributed by atoms with Crippen LogP contribution >= 0.6 is 0 Å². The van der Waals surface area contributed by atoms with Crippen molar-refractivity contribution in [3.05, 3.63) is 41.9 Å². The van der Waals surface area contributed by atoms with Gasteiger partial charge in [-0.25, -0.2) is 4.98 Å². The van der Waals surface area contributed by atoms with E-state index in [9.17, 15) is 4.79 Å². The van der Waals surface area contributed by atoms with Gasteiger partial charge in [0.2, 0.25) is 5.78 Å². The third-order valence-electron chi connectivity index (χ3n) is 3.87. The van der Waals surface area contributed by atoms with Crippen LogP contribution in [0.2, 0.25) is 0 Å². The number of hydrogen-bond acceptors (Lipinski definition) is 3. The van der Waals surface area contributed by atoms with E-state index in [4.69, 9.17) is 0 Å². The summed E-state index contributed by atoms with van der Waals surface area (Å²) in [5.74, 6) is 1.03. The number of carbonyl (C=O) groups excluding carboxylic acids is 1. The quantitative estimate of drug-likeness (QED) is 0.857. The zero-order chi connectivity index (χ0) is 15.3. The number of hydrogen-bond donors (Lipinski definition) is 1. The number of fused-ring (bicyclic) bond motifs is 3. The second-order valence-electron chi connectivity index (χ2n) is 5.93. The van der Waals surface area contributed by atoms with Crippen LogP contribution in [0.1, 0.15) is 41.6 Å². The largest absolute Gasteiger partial charge is 0.378 e. The van der Waals surface area contributed by atoms with Gasteiger partial charge < -0.3 is 9.88 Å². The number of carbonyl (C=O) groups is 1. The number of nitrogens with one attached hydrogen (secondary N) is 1. The van der Waals surface area contributed by atoms with Gasteiger partial charge >= 0.3 is 0 Å². The Bertz CT molecular complexity index is 753. The third-order valence-corrected chi connectivity index (χ3v) is 3.87. The summed E-state index contributed by atoms with van der Waals surface area (Å²) in [6, 6.07) is 6.06. The Balaban J connectivity index is 2.24. The van der Waals surface area contributed by atoms with Crippen LogP contribution in [0.4, 0.5) is 5.69 Å². The highest BCUT2D eigenvalue weighted by Crippen LogP contribution is 2.39. The molecule has 2 aromatic rings. The summed E-state index contributed by atoms with van der Waals surface area (Å²) in [5, 5.41) is 0. The van der Waals surface area contributed by atoms with Gasteiger partial charge in [0.15, 0.2) is 0 Å². The van der Waals surface area contributed by atoms with Gasteiger partial charge in [0.1, 0.15) is 17.2 Å². The minimum Gasteiger partial charge on any atom is -0.378 e. The van der Waals surface area contributed by atoms with E-state index in [2.05, 4.69) is 30.4 Å². The lowest BCUT2D eigenvalue weighted by Gasteiger charge is -2.20. The van der Waals surface area contributed by atoms with Crippen molar-refractivity contribution >= 4 is 17.0 Å². The van der Waals surface area contributed by atoms with Crippen LogP contribution in [0, 0.1) is 0 Å². The molecule has 0 aliphatic heterocycles. The second kappa shape index (κ2) is 4.58. The van der Waals surface area contributed by atoms with Gasteiger partial charge in [-0.1, -0.05) is 26.5 Å². The van der Waals surface area contributed by atoms with Gasteiger partial charge in [-0.3, -0.25) is 4.79 Å². The fraction of sp³-hybridized carbons (Fsp3) is 0.294. The molecule has 1 N–H and O–H groups in total. The number of ketones is 1. The second-order valence-corrected chi connectivity index (χ2v) is 5.93. The highest BCUT2D eigenvalue weighted by molar-refractivity contribution is 6.33. The predicted molar refractivity (Wildman–Crippen MR) is 85.8 cm³/mol. The van der Waals surface area contributed by atoms with Crippen LogP contribution in [0.3, 0.4) is 0 Å². The average molecular weight is 281 g/mol. The van der Waals surface area contributed by atoms with Crippen molar-refractivity contribution in [3.63, 3.8) is 0 Å². The molecule has 0 amide bonds. The normalized spacial score (nSPS) is 13.4. The zero-order valence-electron chi connectivity index (χ0n) is 12.8. The van der Waals surface area contributed by atoms with E-state index in [0.717, 1.165) is 28.3 Å². The Morgan fingerprint density at radius 2 is 1.95 bits per heavy atom. The van der Waals surface area contributed by atoms with Gasteiger partial charge in [0.05, 0.1) is 0 Å². The number of allylic oxidation sites excluding steroid dienone is 1. The Morgan fingerprint density at radius 1 is 1.24 bits per heavy atom. The number of imidazole rings is 1. The van der Waals surface area contributed by atoms with Crippen molar-refractivity contribution in [3.8, 4) is 11.3 Å². The molecule has 21 heavy (non-hydrogen) atoms. The van der Waals surface area contributed by atoms with E-state index >= 15 is 0 Å². The Kier molecular flexibility index (Phi) is 2.97. The lowest BCUT2D eigenvalue weighted by Crippen LogP contribution is -2.13. The monoisotopic (exact) mass is 281 g/mol. The number of Topliss-reactive ketones (excluding diaryl/α,β-unsaturated/α-hetero) is 1. The predicted octanol–water partition coefficient (Wildman–Crippen LogP) is 3.48. The van der Waals surface area contributed by atoms with Crippen molar-refractivity contribution in [2.45, 2.75) is 19.8 Å². The highest BCUT2D eigenvalue weighted by Gasteiger charge is 2.30. The number of nitrogens with zero attached hydrogens (tertiary/aromatic N) is 2. The first kappa shape index (κ1) is 13.6. The van der Waals surface area contributed by atoms with Gasteiger partial charge in [-0.2, -0.15) is 0 Å². The molecule has 0 saturated heterocycles. The average Bonchev–Trinajstić information content (AvgIpc) is 2.89. The van der Waals surface area contributed by atoms with E-state index in [1.165, 1.54) is 0 Å². The van der Waals surface area contributed by atoms with Crippen molar-refractivity contribution in [2.75, 3.05) is 19.0 Å². The SMILES string of the molecule is C=C1C(=O)c2[nH]c(C(C)C)nc2-c2ccc(N(C)C)cc21.